The van der Waals surface area contributed by atoms with Gasteiger partial charge in [-0.05, 0) is 38.4 Å². The molecule has 0 atom stereocenters. The third-order valence-electron chi connectivity index (χ3n) is 5.13. The van der Waals surface area contributed by atoms with Crippen LogP contribution in [0.1, 0.15) is 55.8 Å². The molecule has 6 nitrogen and oxygen atoms in total. The van der Waals surface area contributed by atoms with Crippen LogP contribution >= 0.6 is 0 Å². The molecule has 2 aromatic rings. The summed E-state index contributed by atoms with van der Waals surface area (Å²) in [5, 5.41) is 11.0. The molecule has 154 valence electrons. The lowest BCUT2D eigenvalue weighted by molar-refractivity contribution is 0.265. The zero-order valence-electron chi connectivity index (χ0n) is 18.2. The highest BCUT2D eigenvalue weighted by atomic mass is 16.5. The van der Waals surface area contributed by atoms with E-state index >= 15 is 0 Å². The van der Waals surface area contributed by atoms with Crippen LogP contribution in [0.5, 0.6) is 0 Å². The van der Waals surface area contributed by atoms with Gasteiger partial charge in [-0.25, -0.2) is 0 Å². The second-order valence-corrected chi connectivity index (χ2v) is 7.29. The Bertz CT molecular complexity index is 745. The number of hydrogen-bond acceptors (Lipinski definition) is 4. The molecule has 0 amide bonds. The van der Waals surface area contributed by atoms with Crippen molar-refractivity contribution in [2.75, 3.05) is 14.1 Å². The van der Waals surface area contributed by atoms with Crippen LogP contribution in [-0.2, 0) is 32.5 Å². The first-order valence-corrected chi connectivity index (χ1v) is 10.2. The van der Waals surface area contributed by atoms with Crippen molar-refractivity contribution in [1.82, 2.24) is 20.7 Å². The Kier molecular flexibility index (Phi) is 8.51. The molecule has 1 aromatic heterocycles. The number of rotatable bonds is 9. The largest absolute Gasteiger partial charge is 0.361 e. The minimum Gasteiger partial charge on any atom is -0.361 e. The van der Waals surface area contributed by atoms with Gasteiger partial charge in [0.05, 0.1) is 5.69 Å². The Morgan fingerprint density at radius 3 is 2.39 bits per heavy atom. The minimum atomic E-state index is 0.513. The van der Waals surface area contributed by atoms with Gasteiger partial charge < -0.3 is 15.2 Å². The van der Waals surface area contributed by atoms with Gasteiger partial charge in [-0.1, -0.05) is 43.3 Å². The van der Waals surface area contributed by atoms with Crippen molar-refractivity contribution in [1.29, 1.82) is 0 Å². The van der Waals surface area contributed by atoms with Gasteiger partial charge >= 0.3 is 0 Å². The van der Waals surface area contributed by atoms with Gasteiger partial charge in [0.15, 0.2) is 5.96 Å². The molecule has 0 unspecified atom stereocenters. The molecular formula is C22H35N5O. The Morgan fingerprint density at radius 1 is 1.11 bits per heavy atom. The number of benzene rings is 1. The second-order valence-electron chi connectivity index (χ2n) is 7.29. The molecule has 0 fully saturated rings. The summed E-state index contributed by atoms with van der Waals surface area (Å²) in [4.78, 5) is 6.71. The van der Waals surface area contributed by atoms with Crippen molar-refractivity contribution in [3.63, 3.8) is 0 Å². The summed E-state index contributed by atoms with van der Waals surface area (Å²) in [6.07, 6.45) is 1.70. The van der Waals surface area contributed by atoms with E-state index in [4.69, 9.17) is 4.52 Å². The number of aliphatic imine (C=N–C) groups is 1. The van der Waals surface area contributed by atoms with Gasteiger partial charge in [-0.15, -0.1) is 0 Å². The van der Waals surface area contributed by atoms with Crippen LogP contribution in [0.25, 0.3) is 0 Å². The van der Waals surface area contributed by atoms with Crippen LogP contribution in [0.15, 0.2) is 33.8 Å². The quantitative estimate of drug-likeness (QED) is 0.511. The number of hydrogen-bond donors (Lipinski definition) is 2. The standard InChI is InChI=1S/C22H35N5O/c1-7-20-19(21(8-2)28-26-20)14-25-22(23-5)24-13-17-11-9-10-12-18(17)15-27(6)16(3)4/h9-12,16H,7-8,13-15H2,1-6H3,(H2,23,24,25). The first-order valence-electron chi connectivity index (χ1n) is 10.2. The summed E-state index contributed by atoms with van der Waals surface area (Å²) in [5.74, 6) is 1.72. The van der Waals surface area contributed by atoms with E-state index in [0.29, 0.717) is 12.6 Å². The van der Waals surface area contributed by atoms with Crippen LogP contribution in [0, 0.1) is 0 Å². The van der Waals surface area contributed by atoms with Gasteiger partial charge in [0.2, 0.25) is 0 Å². The van der Waals surface area contributed by atoms with Crippen molar-refractivity contribution in [2.45, 2.75) is 66.2 Å². The predicted octanol–water partition coefficient (Wildman–Crippen LogP) is 3.50. The molecule has 0 bridgehead atoms. The molecule has 0 aliphatic rings. The maximum atomic E-state index is 5.45. The van der Waals surface area contributed by atoms with Gasteiger partial charge in [0, 0.05) is 44.7 Å². The Morgan fingerprint density at radius 2 is 1.79 bits per heavy atom. The number of aromatic nitrogens is 1. The maximum absolute atomic E-state index is 5.45. The Labute approximate surface area is 169 Å². The van der Waals surface area contributed by atoms with E-state index in [0.717, 1.165) is 48.9 Å². The molecule has 2 rings (SSSR count). The Balaban J connectivity index is 1.99. The monoisotopic (exact) mass is 385 g/mol. The molecule has 0 saturated heterocycles. The Hall–Kier alpha value is -2.34. The summed E-state index contributed by atoms with van der Waals surface area (Å²) in [5.41, 5.74) is 4.78. The lowest BCUT2D eigenvalue weighted by Gasteiger charge is -2.23. The van der Waals surface area contributed by atoms with Crippen LogP contribution in [-0.4, -0.2) is 36.2 Å². The van der Waals surface area contributed by atoms with E-state index < -0.39 is 0 Å². The topological polar surface area (TPSA) is 65.7 Å². The van der Waals surface area contributed by atoms with E-state index in [1.54, 1.807) is 7.05 Å². The zero-order chi connectivity index (χ0) is 20.5. The summed E-state index contributed by atoms with van der Waals surface area (Å²) in [6.45, 7) is 10.9. The second kappa shape index (κ2) is 10.9. The van der Waals surface area contributed by atoms with Crippen molar-refractivity contribution >= 4 is 5.96 Å². The van der Waals surface area contributed by atoms with Crippen molar-refractivity contribution < 1.29 is 4.52 Å². The molecule has 0 radical (unpaired) electrons. The summed E-state index contributed by atoms with van der Waals surface area (Å²) < 4.78 is 5.45. The highest BCUT2D eigenvalue weighted by Gasteiger charge is 2.14. The fourth-order valence-corrected chi connectivity index (χ4v) is 3.04. The van der Waals surface area contributed by atoms with E-state index in [-0.39, 0.29) is 0 Å². The van der Waals surface area contributed by atoms with E-state index in [1.807, 2.05) is 0 Å². The zero-order valence-corrected chi connectivity index (χ0v) is 18.2. The predicted molar refractivity (Wildman–Crippen MR) is 115 cm³/mol. The molecule has 0 aliphatic heterocycles. The SMILES string of the molecule is CCc1noc(CC)c1CNC(=NC)NCc1ccccc1CN(C)C(C)C. The molecular weight excluding hydrogens is 350 g/mol. The lowest BCUT2D eigenvalue weighted by Crippen LogP contribution is -2.37. The van der Waals surface area contributed by atoms with E-state index in [1.165, 1.54) is 11.1 Å². The van der Waals surface area contributed by atoms with Crippen molar-refractivity contribution in [2.24, 2.45) is 4.99 Å². The summed E-state index contributed by atoms with van der Waals surface area (Å²) in [6, 6.07) is 9.08. The number of nitrogens with one attached hydrogen (secondary N) is 2. The van der Waals surface area contributed by atoms with Crippen LogP contribution in [0.3, 0.4) is 0 Å². The molecule has 0 saturated carbocycles. The van der Waals surface area contributed by atoms with Crippen LogP contribution in [0.2, 0.25) is 0 Å². The summed E-state index contributed by atoms with van der Waals surface area (Å²) >= 11 is 0. The fraction of sp³-hybridized carbons (Fsp3) is 0.545. The first-order chi connectivity index (χ1) is 13.5. The van der Waals surface area contributed by atoms with Crippen LogP contribution < -0.4 is 10.6 Å². The molecule has 28 heavy (non-hydrogen) atoms. The summed E-state index contributed by atoms with van der Waals surface area (Å²) in [7, 11) is 3.95. The number of aryl methyl sites for hydroxylation is 2. The average molecular weight is 386 g/mol. The number of nitrogens with zero attached hydrogens (tertiary/aromatic N) is 3. The highest BCUT2D eigenvalue weighted by molar-refractivity contribution is 5.79. The van der Waals surface area contributed by atoms with E-state index in [9.17, 15) is 0 Å². The van der Waals surface area contributed by atoms with Crippen molar-refractivity contribution in [3.05, 3.63) is 52.4 Å². The highest BCUT2D eigenvalue weighted by Crippen LogP contribution is 2.15. The van der Waals surface area contributed by atoms with Crippen molar-refractivity contribution in [3.8, 4) is 0 Å². The molecule has 2 N–H and O–H groups in total. The van der Waals surface area contributed by atoms with Gasteiger partial charge in [0.1, 0.15) is 5.76 Å². The lowest BCUT2D eigenvalue weighted by atomic mass is 10.1. The average Bonchev–Trinajstić information content (AvgIpc) is 3.11. The van der Waals surface area contributed by atoms with Gasteiger partial charge in [-0.3, -0.25) is 9.89 Å². The fourth-order valence-electron chi connectivity index (χ4n) is 3.04. The molecule has 6 heteroatoms. The molecule has 1 heterocycles. The van der Waals surface area contributed by atoms with Gasteiger partial charge in [-0.2, -0.15) is 0 Å². The van der Waals surface area contributed by atoms with Crippen LogP contribution in [0.4, 0.5) is 0 Å². The first kappa shape index (κ1) is 22.0. The smallest absolute Gasteiger partial charge is 0.191 e. The molecule has 0 aliphatic carbocycles. The minimum absolute atomic E-state index is 0.513. The van der Waals surface area contributed by atoms with E-state index in [2.05, 4.69) is 84.7 Å². The number of guanidine groups is 1. The third-order valence-corrected chi connectivity index (χ3v) is 5.13. The molecule has 0 spiro atoms. The third kappa shape index (κ3) is 5.83. The normalized spacial score (nSPS) is 12.1. The molecule has 1 aromatic carbocycles. The maximum Gasteiger partial charge on any atom is 0.191 e. The van der Waals surface area contributed by atoms with Gasteiger partial charge in [0.25, 0.3) is 0 Å².